The minimum atomic E-state index is -0.887. The summed E-state index contributed by atoms with van der Waals surface area (Å²) in [4.78, 5) is 0. The Bertz CT molecular complexity index is 539. The van der Waals surface area contributed by atoms with Crippen LogP contribution in [0.25, 0.3) is 0 Å². The molecule has 1 unspecified atom stereocenters. The molecule has 0 aliphatic carbocycles. The molecule has 0 saturated carbocycles. The first kappa shape index (κ1) is 20.4. The van der Waals surface area contributed by atoms with Crippen LogP contribution < -0.4 is 4.74 Å². The van der Waals surface area contributed by atoms with Crippen LogP contribution in [0, 0.1) is 0 Å². The topological polar surface area (TPSA) is 38.8 Å². The van der Waals surface area contributed by atoms with Crippen molar-refractivity contribution < 1.29 is 13.7 Å². The molecule has 0 bridgehead atoms. The van der Waals surface area contributed by atoms with Gasteiger partial charge in [0.2, 0.25) is 0 Å². The Hall–Kier alpha value is -0.910. The molecule has 2 atom stereocenters. The van der Waals surface area contributed by atoms with Crippen molar-refractivity contribution in [1.29, 1.82) is 0 Å². The molecule has 0 radical (unpaired) electrons. The third-order valence-electron chi connectivity index (χ3n) is 4.56. The van der Waals surface area contributed by atoms with Crippen LogP contribution in [0.3, 0.4) is 0 Å². The van der Waals surface area contributed by atoms with Gasteiger partial charge in [0, 0.05) is 19.2 Å². The molecule has 0 aromatic heterocycles. The van der Waals surface area contributed by atoms with Crippen molar-refractivity contribution in [3.63, 3.8) is 0 Å². The van der Waals surface area contributed by atoms with E-state index in [2.05, 4.69) is 25.1 Å². The van der Waals surface area contributed by atoms with Gasteiger partial charge < -0.3 is 9.47 Å². The van der Waals surface area contributed by atoms with Gasteiger partial charge in [-0.25, -0.2) is 8.51 Å². The van der Waals surface area contributed by atoms with E-state index in [0.29, 0.717) is 12.6 Å². The Labute approximate surface area is 155 Å². The number of rotatable bonds is 9. The van der Waals surface area contributed by atoms with Gasteiger partial charge >= 0.3 is 0 Å². The van der Waals surface area contributed by atoms with Crippen LogP contribution in [0.2, 0.25) is 0 Å². The molecule has 1 aromatic rings. The van der Waals surface area contributed by atoms with Crippen LogP contribution in [-0.4, -0.2) is 39.6 Å². The maximum Gasteiger partial charge on any atom is 0.118 e. The fraction of sp³-hybridized carbons (Fsp3) is 0.700. The molecule has 0 spiro atoms. The lowest BCUT2D eigenvalue weighted by Gasteiger charge is -2.30. The highest BCUT2D eigenvalue weighted by atomic mass is 32.2. The molecule has 1 heterocycles. The van der Waals surface area contributed by atoms with Crippen molar-refractivity contribution in [2.24, 2.45) is 0 Å². The highest BCUT2D eigenvalue weighted by molar-refractivity contribution is 7.84. The predicted molar refractivity (Wildman–Crippen MR) is 104 cm³/mol. The van der Waals surface area contributed by atoms with Crippen LogP contribution >= 0.6 is 0 Å². The van der Waals surface area contributed by atoms with Crippen LogP contribution in [0.1, 0.15) is 58.4 Å². The van der Waals surface area contributed by atoms with Gasteiger partial charge in [0.25, 0.3) is 0 Å². The van der Waals surface area contributed by atoms with Crippen molar-refractivity contribution >= 4 is 11.0 Å². The molecule has 142 valence electrons. The second-order valence-electron chi connectivity index (χ2n) is 7.69. The summed E-state index contributed by atoms with van der Waals surface area (Å²) in [7, 11) is 0.787. The quantitative estimate of drug-likeness (QED) is 0.611. The molecule has 0 amide bonds. The Morgan fingerprint density at radius 2 is 1.92 bits per heavy atom. The average Bonchev–Trinajstić information content (AvgIpc) is 3.05. The molecule has 5 heteroatoms. The molecule has 4 nitrogen and oxygen atoms in total. The van der Waals surface area contributed by atoms with Crippen molar-refractivity contribution in [2.75, 3.05) is 20.3 Å². The number of hydrogen-bond acceptors (Lipinski definition) is 3. The lowest BCUT2D eigenvalue weighted by atomic mass is 10.1. The van der Waals surface area contributed by atoms with Gasteiger partial charge in [0.1, 0.15) is 5.75 Å². The van der Waals surface area contributed by atoms with Gasteiger partial charge in [-0.3, -0.25) is 0 Å². The fourth-order valence-electron chi connectivity index (χ4n) is 3.16. The Morgan fingerprint density at radius 1 is 1.20 bits per heavy atom. The molecule has 1 aliphatic rings. The summed E-state index contributed by atoms with van der Waals surface area (Å²) >= 11 is 0. The van der Waals surface area contributed by atoms with Crippen LogP contribution in [-0.2, 0) is 22.3 Å². The maximum atomic E-state index is 12.6. The zero-order valence-corrected chi connectivity index (χ0v) is 16.9. The van der Waals surface area contributed by atoms with E-state index in [1.54, 1.807) is 7.11 Å². The standard InChI is InChI=1S/C20H33NO3S/c1-20(2,3)25(22)21-14-7-9-18(21)8-5-6-15-24-16-17-10-12-19(23-4)13-11-17/h10-13,18H,5-9,14-16H2,1-4H3/t18-,25?/m1/s1. The molecule has 1 fully saturated rings. The third kappa shape index (κ3) is 6.39. The van der Waals surface area contributed by atoms with Crippen molar-refractivity contribution in [3.8, 4) is 5.75 Å². The number of nitrogens with zero attached hydrogens (tertiary/aromatic N) is 1. The highest BCUT2D eigenvalue weighted by Gasteiger charge is 2.34. The minimum Gasteiger partial charge on any atom is -0.497 e. The van der Waals surface area contributed by atoms with E-state index in [0.717, 1.165) is 38.2 Å². The van der Waals surface area contributed by atoms with E-state index < -0.39 is 11.0 Å². The molecule has 2 rings (SSSR count). The van der Waals surface area contributed by atoms with Crippen molar-refractivity contribution in [3.05, 3.63) is 29.8 Å². The van der Waals surface area contributed by atoms with Gasteiger partial charge in [-0.05, 0) is 70.6 Å². The Morgan fingerprint density at radius 3 is 2.56 bits per heavy atom. The molecule has 1 aromatic carbocycles. The molecular weight excluding hydrogens is 334 g/mol. The summed E-state index contributed by atoms with van der Waals surface area (Å²) in [6.07, 6.45) is 5.65. The van der Waals surface area contributed by atoms with E-state index >= 15 is 0 Å². The fourth-order valence-corrected chi connectivity index (χ4v) is 4.64. The average molecular weight is 368 g/mol. The van der Waals surface area contributed by atoms with Crippen LogP contribution in [0.5, 0.6) is 5.75 Å². The van der Waals surface area contributed by atoms with E-state index in [4.69, 9.17) is 9.47 Å². The van der Waals surface area contributed by atoms with Crippen molar-refractivity contribution in [2.45, 2.75) is 70.3 Å². The summed E-state index contributed by atoms with van der Waals surface area (Å²) in [6, 6.07) is 8.47. The monoisotopic (exact) mass is 367 g/mol. The van der Waals surface area contributed by atoms with Crippen LogP contribution in [0.4, 0.5) is 0 Å². The van der Waals surface area contributed by atoms with Crippen molar-refractivity contribution in [1.82, 2.24) is 4.31 Å². The molecule has 25 heavy (non-hydrogen) atoms. The smallest absolute Gasteiger partial charge is 0.118 e. The summed E-state index contributed by atoms with van der Waals surface area (Å²) in [6.45, 7) is 8.58. The first-order valence-corrected chi connectivity index (χ1v) is 10.4. The molecule has 1 aliphatic heterocycles. The third-order valence-corrected chi connectivity index (χ3v) is 6.52. The van der Waals surface area contributed by atoms with Gasteiger partial charge in [0.15, 0.2) is 0 Å². The summed E-state index contributed by atoms with van der Waals surface area (Å²) < 4.78 is 25.6. The largest absolute Gasteiger partial charge is 0.497 e. The van der Waals surface area contributed by atoms with E-state index in [1.807, 2.05) is 24.3 Å². The normalized spacial score (nSPS) is 19.9. The number of unbranched alkanes of at least 4 members (excludes halogenated alkanes) is 1. The van der Waals surface area contributed by atoms with E-state index in [9.17, 15) is 4.21 Å². The molecule has 0 N–H and O–H groups in total. The summed E-state index contributed by atoms with van der Waals surface area (Å²) in [5, 5.41) is 0. The number of methoxy groups -OCH3 is 1. The number of benzene rings is 1. The zero-order chi connectivity index (χ0) is 18.3. The Kier molecular flexibility index (Phi) is 7.91. The first-order chi connectivity index (χ1) is 11.9. The van der Waals surface area contributed by atoms with E-state index in [-0.39, 0.29) is 4.75 Å². The van der Waals surface area contributed by atoms with Crippen LogP contribution in [0.15, 0.2) is 24.3 Å². The second kappa shape index (κ2) is 9.70. The minimum absolute atomic E-state index is 0.163. The van der Waals surface area contributed by atoms with Gasteiger partial charge in [-0.1, -0.05) is 12.1 Å². The van der Waals surface area contributed by atoms with Gasteiger partial charge in [0.05, 0.1) is 29.4 Å². The lowest BCUT2D eigenvalue weighted by Crippen LogP contribution is -2.40. The molecular formula is C20H33NO3S. The Balaban J connectivity index is 1.63. The number of ether oxygens (including phenoxy) is 2. The first-order valence-electron chi connectivity index (χ1n) is 9.31. The summed E-state index contributed by atoms with van der Waals surface area (Å²) in [5.74, 6) is 0.873. The lowest BCUT2D eigenvalue weighted by molar-refractivity contribution is 0.116. The second-order valence-corrected chi connectivity index (χ2v) is 9.89. The molecule has 1 saturated heterocycles. The summed E-state index contributed by atoms with van der Waals surface area (Å²) in [5.41, 5.74) is 1.17. The number of hydrogen-bond donors (Lipinski definition) is 0. The van der Waals surface area contributed by atoms with Gasteiger partial charge in [-0.15, -0.1) is 0 Å². The maximum absolute atomic E-state index is 12.6. The van der Waals surface area contributed by atoms with Gasteiger partial charge in [-0.2, -0.15) is 0 Å². The van der Waals surface area contributed by atoms with E-state index in [1.165, 1.54) is 18.4 Å². The highest BCUT2D eigenvalue weighted by Crippen LogP contribution is 2.28. The SMILES string of the molecule is COc1ccc(COCCCC[C@@H]2CCCN2S(=O)C(C)(C)C)cc1. The zero-order valence-electron chi connectivity index (χ0n) is 16.1. The predicted octanol–water partition coefficient (Wildman–Crippen LogP) is 4.31.